The Morgan fingerprint density at radius 1 is 1.30 bits per heavy atom. The molecule has 0 radical (unpaired) electrons. The first kappa shape index (κ1) is 13.1. The molecule has 0 fully saturated rings. The maximum Gasteiger partial charge on any atom is 0.223 e. The first-order chi connectivity index (χ1) is 9.58. The topological polar surface area (TPSA) is 82.8 Å². The molecule has 0 unspecified atom stereocenters. The number of thioether (sulfide) groups is 1. The summed E-state index contributed by atoms with van der Waals surface area (Å²) in [6, 6.07) is 0. The lowest BCUT2D eigenvalue weighted by Gasteiger charge is -2.10. The Morgan fingerprint density at radius 2 is 2.10 bits per heavy atom. The van der Waals surface area contributed by atoms with Crippen LogP contribution >= 0.6 is 11.8 Å². The SMILES string of the molecule is Cc1c(SC2=CC=CCC2)n(C)c2nc(N)nc(N)c12. The van der Waals surface area contributed by atoms with Gasteiger partial charge in [-0.15, -0.1) is 0 Å². The van der Waals surface area contributed by atoms with Crippen LogP contribution in [-0.2, 0) is 7.05 Å². The van der Waals surface area contributed by atoms with Crippen LogP contribution in [-0.4, -0.2) is 14.5 Å². The van der Waals surface area contributed by atoms with Crippen molar-refractivity contribution in [2.75, 3.05) is 11.5 Å². The summed E-state index contributed by atoms with van der Waals surface area (Å²) in [6.45, 7) is 2.06. The largest absolute Gasteiger partial charge is 0.383 e. The van der Waals surface area contributed by atoms with Crippen molar-refractivity contribution in [1.29, 1.82) is 0 Å². The molecule has 0 spiro atoms. The number of aromatic nitrogens is 3. The van der Waals surface area contributed by atoms with Crippen LogP contribution in [0.5, 0.6) is 0 Å². The highest BCUT2D eigenvalue weighted by molar-refractivity contribution is 8.03. The minimum atomic E-state index is 0.215. The Morgan fingerprint density at radius 3 is 2.80 bits per heavy atom. The molecule has 0 saturated carbocycles. The first-order valence-electron chi connectivity index (χ1n) is 6.49. The monoisotopic (exact) mass is 287 g/mol. The predicted octanol–water partition coefficient (Wildman–Crippen LogP) is 2.77. The van der Waals surface area contributed by atoms with Crippen molar-refractivity contribution in [1.82, 2.24) is 14.5 Å². The van der Waals surface area contributed by atoms with E-state index in [0.717, 1.165) is 34.5 Å². The lowest BCUT2D eigenvalue weighted by atomic mass is 10.2. The molecular weight excluding hydrogens is 270 g/mol. The number of fused-ring (bicyclic) bond motifs is 1. The summed E-state index contributed by atoms with van der Waals surface area (Å²) in [6.07, 6.45) is 8.62. The maximum absolute atomic E-state index is 5.99. The molecule has 0 aliphatic heterocycles. The van der Waals surface area contributed by atoms with Crippen molar-refractivity contribution in [2.45, 2.75) is 24.8 Å². The van der Waals surface area contributed by atoms with Gasteiger partial charge in [-0.25, -0.2) is 0 Å². The first-order valence-corrected chi connectivity index (χ1v) is 7.31. The number of hydrogen-bond donors (Lipinski definition) is 2. The summed E-state index contributed by atoms with van der Waals surface area (Å²) in [5.74, 6) is 0.664. The van der Waals surface area contributed by atoms with Crippen molar-refractivity contribution >= 4 is 34.6 Å². The van der Waals surface area contributed by atoms with E-state index in [2.05, 4.69) is 35.1 Å². The lowest BCUT2D eigenvalue weighted by Crippen LogP contribution is -2.01. The van der Waals surface area contributed by atoms with Crippen molar-refractivity contribution < 1.29 is 0 Å². The third kappa shape index (κ3) is 2.06. The van der Waals surface area contributed by atoms with E-state index in [1.165, 1.54) is 4.91 Å². The normalized spacial score (nSPS) is 14.8. The highest BCUT2D eigenvalue weighted by atomic mass is 32.2. The van der Waals surface area contributed by atoms with Gasteiger partial charge in [-0.2, -0.15) is 9.97 Å². The fourth-order valence-corrected chi connectivity index (χ4v) is 3.57. The number of hydrogen-bond acceptors (Lipinski definition) is 5. The number of allylic oxidation sites excluding steroid dienone is 4. The van der Waals surface area contributed by atoms with Crippen LogP contribution in [0.1, 0.15) is 18.4 Å². The number of anilines is 2. The second-order valence-electron chi connectivity index (χ2n) is 4.86. The van der Waals surface area contributed by atoms with Crippen LogP contribution in [0.2, 0.25) is 0 Å². The lowest BCUT2D eigenvalue weighted by molar-refractivity contribution is 0.838. The van der Waals surface area contributed by atoms with Gasteiger partial charge < -0.3 is 16.0 Å². The molecule has 1 aliphatic carbocycles. The van der Waals surface area contributed by atoms with E-state index in [1.54, 1.807) is 11.8 Å². The number of aryl methyl sites for hydroxylation is 2. The minimum Gasteiger partial charge on any atom is -0.383 e. The van der Waals surface area contributed by atoms with E-state index < -0.39 is 0 Å². The average Bonchev–Trinajstić information content (AvgIpc) is 2.65. The third-order valence-corrected chi connectivity index (χ3v) is 4.83. The second-order valence-corrected chi connectivity index (χ2v) is 5.97. The zero-order valence-electron chi connectivity index (χ0n) is 11.6. The number of nitrogen functional groups attached to an aromatic ring is 2. The maximum atomic E-state index is 5.99. The predicted molar refractivity (Wildman–Crippen MR) is 84.4 cm³/mol. The van der Waals surface area contributed by atoms with E-state index in [0.29, 0.717) is 5.82 Å². The molecule has 2 aromatic heterocycles. The molecule has 0 bridgehead atoms. The van der Waals surface area contributed by atoms with Crippen molar-refractivity contribution in [3.8, 4) is 0 Å². The second kappa shape index (κ2) is 4.86. The minimum absolute atomic E-state index is 0.215. The summed E-state index contributed by atoms with van der Waals surface area (Å²) >= 11 is 1.77. The smallest absolute Gasteiger partial charge is 0.223 e. The van der Waals surface area contributed by atoms with E-state index in [-0.39, 0.29) is 5.95 Å². The van der Waals surface area contributed by atoms with E-state index in [9.17, 15) is 0 Å². The van der Waals surface area contributed by atoms with Crippen molar-refractivity contribution in [3.05, 3.63) is 28.7 Å². The molecule has 1 aliphatic rings. The molecule has 104 valence electrons. The molecule has 0 saturated heterocycles. The molecular formula is C14H17N5S. The van der Waals surface area contributed by atoms with Crippen LogP contribution < -0.4 is 11.5 Å². The van der Waals surface area contributed by atoms with Crippen LogP contribution in [0.25, 0.3) is 11.0 Å². The molecule has 6 heteroatoms. The van der Waals surface area contributed by atoms with E-state index in [1.807, 2.05) is 11.6 Å². The zero-order chi connectivity index (χ0) is 14.3. The molecule has 0 aromatic carbocycles. The van der Waals surface area contributed by atoms with Gasteiger partial charge >= 0.3 is 0 Å². The quantitative estimate of drug-likeness (QED) is 0.887. The van der Waals surface area contributed by atoms with Gasteiger partial charge in [-0.1, -0.05) is 30.0 Å². The Hall–Kier alpha value is -1.95. The van der Waals surface area contributed by atoms with Gasteiger partial charge in [0.25, 0.3) is 0 Å². The van der Waals surface area contributed by atoms with Crippen LogP contribution in [0.3, 0.4) is 0 Å². The summed E-state index contributed by atoms with van der Waals surface area (Å²) < 4.78 is 2.04. The summed E-state index contributed by atoms with van der Waals surface area (Å²) in [7, 11) is 1.99. The van der Waals surface area contributed by atoms with Crippen LogP contribution in [0.15, 0.2) is 28.2 Å². The zero-order valence-corrected chi connectivity index (χ0v) is 12.4. The van der Waals surface area contributed by atoms with Gasteiger partial charge in [0.15, 0.2) is 0 Å². The van der Waals surface area contributed by atoms with Gasteiger partial charge in [-0.05, 0) is 30.2 Å². The molecule has 0 atom stereocenters. The summed E-state index contributed by atoms with van der Waals surface area (Å²) in [5.41, 5.74) is 13.6. The summed E-state index contributed by atoms with van der Waals surface area (Å²) in [4.78, 5) is 9.72. The molecule has 3 rings (SSSR count). The van der Waals surface area contributed by atoms with Gasteiger partial charge in [0.05, 0.1) is 10.4 Å². The molecule has 20 heavy (non-hydrogen) atoms. The fraction of sp³-hybridized carbons (Fsp3) is 0.286. The van der Waals surface area contributed by atoms with E-state index >= 15 is 0 Å². The standard InChI is InChI=1S/C14H17N5S/c1-8-10-11(15)17-14(16)18-12(10)19(2)13(8)20-9-6-4-3-5-7-9/h3-4,6H,5,7H2,1-2H3,(H4,15,16,17,18). The number of nitrogens with two attached hydrogens (primary N) is 2. The Kier molecular flexibility index (Phi) is 3.17. The van der Waals surface area contributed by atoms with E-state index in [4.69, 9.17) is 11.5 Å². The average molecular weight is 287 g/mol. The molecule has 5 nitrogen and oxygen atoms in total. The molecule has 2 aromatic rings. The molecule has 2 heterocycles. The van der Waals surface area contributed by atoms with Crippen LogP contribution in [0, 0.1) is 6.92 Å². The summed E-state index contributed by atoms with van der Waals surface area (Å²) in [5, 5.41) is 2.05. The van der Waals surface area contributed by atoms with Gasteiger partial charge in [0.1, 0.15) is 11.5 Å². The van der Waals surface area contributed by atoms with Crippen molar-refractivity contribution in [2.24, 2.45) is 7.05 Å². The van der Waals surface area contributed by atoms with Crippen molar-refractivity contribution in [3.63, 3.8) is 0 Å². The Bertz CT molecular complexity index is 742. The highest BCUT2D eigenvalue weighted by Crippen LogP contribution is 2.39. The van der Waals surface area contributed by atoms with Gasteiger partial charge in [-0.3, -0.25) is 0 Å². The van der Waals surface area contributed by atoms with Gasteiger partial charge in [0.2, 0.25) is 5.95 Å². The number of rotatable bonds is 2. The molecule has 4 N–H and O–H groups in total. The highest BCUT2D eigenvalue weighted by Gasteiger charge is 2.18. The van der Waals surface area contributed by atoms with Gasteiger partial charge in [0, 0.05) is 7.05 Å². The molecule has 0 amide bonds. The van der Waals surface area contributed by atoms with Crippen LogP contribution in [0.4, 0.5) is 11.8 Å². The number of nitrogens with zero attached hydrogens (tertiary/aromatic N) is 3. The Labute approximate surface area is 121 Å². The Balaban J connectivity index is 2.14. The fourth-order valence-electron chi connectivity index (χ4n) is 2.48. The third-order valence-electron chi connectivity index (χ3n) is 3.46.